The summed E-state index contributed by atoms with van der Waals surface area (Å²) in [5.41, 5.74) is 0.735. The van der Waals surface area contributed by atoms with Crippen LogP contribution in [0.4, 0.5) is 0 Å². The molecule has 3 aliphatic heterocycles. The number of amides is 3. The molecule has 0 radical (unpaired) electrons. The summed E-state index contributed by atoms with van der Waals surface area (Å²) in [5.74, 6) is -1.05. The summed E-state index contributed by atoms with van der Waals surface area (Å²) >= 11 is 18.5. The zero-order valence-electron chi connectivity index (χ0n) is 23.2. The molecule has 2 aromatic rings. The lowest BCUT2D eigenvalue weighted by Gasteiger charge is -2.50. The predicted molar refractivity (Wildman–Crippen MR) is 160 cm³/mol. The highest BCUT2D eigenvalue weighted by Gasteiger charge is 2.52. The number of carbonyl (C=O) groups excluding carboxylic acids is 3. The first kappa shape index (κ1) is 30.7. The van der Waals surface area contributed by atoms with Crippen LogP contribution in [0.5, 0.6) is 0 Å². The van der Waals surface area contributed by atoms with Gasteiger partial charge in [0.15, 0.2) is 0 Å². The molecular formula is C29H31Cl3N4O5S. The summed E-state index contributed by atoms with van der Waals surface area (Å²) in [5, 5.41) is 0.696. The average Bonchev–Trinajstić information content (AvgIpc) is 3.14. The Kier molecular flexibility index (Phi) is 8.81. The number of hydrogen-bond acceptors (Lipinski definition) is 5. The second kappa shape index (κ2) is 12.1. The van der Waals surface area contributed by atoms with E-state index in [1.54, 1.807) is 24.3 Å². The first-order valence-electron chi connectivity index (χ1n) is 13.8. The number of benzene rings is 2. The van der Waals surface area contributed by atoms with Crippen molar-refractivity contribution in [1.82, 2.24) is 19.0 Å². The van der Waals surface area contributed by atoms with Gasteiger partial charge in [0, 0.05) is 41.7 Å². The fourth-order valence-electron chi connectivity index (χ4n) is 5.65. The molecule has 2 fully saturated rings. The largest absolute Gasteiger partial charge is 0.329 e. The molecule has 0 spiro atoms. The highest BCUT2D eigenvalue weighted by molar-refractivity contribution is 7.89. The van der Waals surface area contributed by atoms with Gasteiger partial charge in [-0.25, -0.2) is 12.7 Å². The highest BCUT2D eigenvalue weighted by atomic mass is 35.5. The van der Waals surface area contributed by atoms with Crippen molar-refractivity contribution in [2.45, 2.75) is 69.0 Å². The molecule has 9 nitrogen and oxygen atoms in total. The van der Waals surface area contributed by atoms with Crippen molar-refractivity contribution in [2.24, 2.45) is 0 Å². The molecule has 0 aromatic heterocycles. The van der Waals surface area contributed by atoms with E-state index in [0.29, 0.717) is 24.4 Å². The highest BCUT2D eigenvalue weighted by Crippen LogP contribution is 2.38. The van der Waals surface area contributed by atoms with E-state index in [1.807, 2.05) is 13.8 Å². The van der Waals surface area contributed by atoms with Crippen LogP contribution in [0.2, 0.25) is 15.1 Å². The molecule has 0 N–H and O–H groups in total. The fourth-order valence-corrected chi connectivity index (χ4v) is 7.98. The number of fused-ring (bicyclic) bond motifs is 1. The summed E-state index contributed by atoms with van der Waals surface area (Å²) < 4.78 is 29.7. The smallest absolute Gasteiger partial charge is 0.267 e. The topological polar surface area (TPSA) is 98.3 Å². The van der Waals surface area contributed by atoms with Crippen LogP contribution in [0.1, 0.15) is 45.1 Å². The minimum atomic E-state index is -4.38. The van der Waals surface area contributed by atoms with Gasteiger partial charge in [-0.15, -0.1) is 0 Å². The van der Waals surface area contributed by atoms with Gasteiger partial charge in [0.05, 0.1) is 11.6 Å². The third-order valence-corrected chi connectivity index (χ3v) is 10.6. The number of hydrogen-bond donors (Lipinski definition) is 0. The molecule has 2 atom stereocenters. The number of carbonyl (C=O) groups is 3. The Balaban J connectivity index is 1.68. The fraction of sp³-hybridized carbons (Fsp3) is 0.414. The molecule has 3 aliphatic rings. The standard InChI is InChI=1S/C29H31Cl3N4O5S/c1-18(2)34-17-26-35(42(40,41)25-12-11-21(31)15-22(25)32)16-24(33-13-5-3-4-6-27(33)37)29(39)36(26)23(28(34)38)14-19-7-9-20(30)10-8-19/h7-12,15,17-18,23-24H,3-6,13-14,16H2,1-2H3. The second-order valence-electron chi connectivity index (χ2n) is 10.9. The first-order chi connectivity index (χ1) is 19.9. The summed E-state index contributed by atoms with van der Waals surface area (Å²) in [4.78, 5) is 45.4. The van der Waals surface area contributed by atoms with E-state index >= 15 is 0 Å². The Morgan fingerprint density at radius 3 is 2.26 bits per heavy atom. The summed E-state index contributed by atoms with van der Waals surface area (Å²) in [6, 6.07) is 8.46. The van der Waals surface area contributed by atoms with Gasteiger partial charge in [-0.05, 0) is 62.6 Å². The summed E-state index contributed by atoms with van der Waals surface area (Å²) in [6.45, 7) is 3.61. The van der Waals surface area contributed by atoms with Crippen molar-refractivity contribution < 1.29 is 22.8 Å². The number of nitrogens with zero attached hydrogens (tertiary/aromatic N) is 4. The zero-order valence-corrected chi connectivity index (χ0v) is 26.3. The number of rotatable bonds is 6. The van der Waals surface area contributed by atoms with Gasteiger partial charge in [-0.3, -0.25) is 19.3 Å². The zero-order chi connectivity index (χ0) is 30.3. The summed E-state index contributed by atoms with van der Waals surface area (Å²) in [6.07, 6.45) is 3.97. The summed E-state index contributed by atoms with van der Waals surface area (Å²) in [7, 11) is -4.38. The Labute approximate surface area is 260 Å². The van der Waals surface area contributed by atoms with E-state index in [4.69, 9.17) is 34.8 Å². The van der Waals surface area contributed by atoms with Crippen molar-refractivity contribution in [3.63, 3.8) is 0 Å². The van der Waals surface area contributed by atoms with Crippen LogP contribution >= 0.6 is 34.8 Å². The number of sulfonamides is 1. The lowest BCUT2D eigenvalue weighted by atomic mass is 9.98. The van der Waals surface area contributed by atoms with Gasteiger partial charge in [-0.1, -0.05) is 53.4 Å². The van der Waals surface area contributed by atoms with Crippen molar-refractivity contribution in [2.75, 3.05) is 13.1 Å². The van der Waals surface area contributed by atoms with Crippen LogP contribution in [-0.4, -0.2) is 76.4 Å². The van der Waals surface area contributed by atoms with Crippen LogP contribution in [0, 0.1) is 0 Å². The van der Waals surface area contributed by atoms with Crippen molar-refractivity contribution >= 4 is 62.5 Å². The van der Waals surface area contributed by atoms with E-state index in [0.717, 1.165) is 16.3 Å². The van der Waals surface area contributed by atoms with Gasteiger partial charge in [0.25, 0.3) is 15.9 Å². The maximum atomic E-state index is 14.3. The van der Waals surface area contributed by atoms with Crippen LogP contribution in [-0.2, 0) is 30.8 Å². The molecule has 0 bridgehead atoms. The molecule has 2 unspecified atom stereocenters. The molecule has 13 heteroatoms. The van der Waals surface area contributed by atoms with Crippen molar-refractivity contribution in [3.8, 4) is 0 Å². The third-order valence-electron chi connectivity index (χ3n) is 7.82. The van der Waals surface area contributed by atoms with Crippen molar-refractivity contribution in [1.29, 1.82) is 0 Å². The predicted octanol–water partition coefficient (Wildman–Crippen LogP) is 4.91. The van der Waals surface area contributed by atoms with Crippen LogP contribution in [0.25, 0.3) is 0 Å². The van der Waals surface area contributed by atoms with Gasteiger partial charge >= 0.3 is 0 Å². The molecule has 2 aromatic carbocycles. The Bertz CT molecular complexity index is 1550. The third kappa shape index (κ3) is 5.74. The molecule has 2 saturated heterocycles. The van der Waals surface area contributed by atoms with E-state index in [2.05, 4.69) is 0 Å². The molecular weight excluding hydrogens is 623 g/mol. The molecule has 3 heterocycles. The van der Waals surface area contributed by atoms with E-state index in [-0.39, 0.29) is 58.0 Å². The SMILES string of the molecule is CC(C)N1C=C2N(C(=O)C(N3CCCCCC3=O)CN2S(=O)(=O)c2ccc(Cl)cc2Cl)C(Cc2ccc(Cl)cc2)C1=O. The Hall–Kier alpha value is -2.79. The van der Waals surface area contributed by atoms with Gasteiger partial charge in [0.2, 0.25) is 11.8 Å². The normalized spacial score (nSPS) is 22.0. The van der Waals surface area contributed by atoms with E-state index in [1.165, 1.54) is 39.1 Å². The molecule has 0 aliphatic carbocycles. The number of halogens is 3. The quantitative estimate of drug-likeness (QED) is 0.441. The van der Waals surface area contributed by atoms with Gasteiger partial charge < -0.3 is 9.80 Å². The lowest BCUT2D eigenvalue weighted by Crippen LogP contribution is -2.68. The molecule has 0 saturated carbocycles. The maximum absolute atomic E-state index is 14.3. The van der Waals surface area contributed by atoms with Crippen LogP contribution in [0.15, 0.2) is 59.4 Å². The van der Waals surface area contributed by atoms with E-state index < -0.39 is 28.0 Å². The average molecular weight is 654 g/mol. The molecule has 3 amide bonds. The van der Waals surface area contributed by atoms with E-state index in [9.17, 15) is 22.8 Å². The minimum absolute atomic E-state index is 0.0248. The number of likely N-dealkylation sites (tertiary alicyclic amines) is 1. The van der Waals surface area contributed by atoms with Crippen LogP contribution in [0.3, 0.4) is 0 Å². The second-order valence-corrected chi connectivity index (χ2v) is 14.0. The maximum Gasteiger partial charge on any atom is 0.267 e. The molecule has 5 rings (SSSR count). The van der Waals surface area contributed by atoms with Gasteiger partial charge in [0.1, 0.15) is 22.8 Å². The molecule has 224 valence electrons. The minimum Gasteiger partial charge on any atom is -0.329 e. The lowest BCUT2D eigenvalue weighted by molar-refractivity contribution is -0.156. The monoisotopic (exact) mass is 652 g/mol. The first-order valence-corrected chi connectivity index (χ1v) is 16.4. The van der Waals surface area contributed by atoms with Crippen molar-refractivity contribution in [3.05, 3.63) is 75.1 Å². The molecule has 42 heavy (non-hydrogen) atoms. The van der Waals surface area contributed by atoms with Crippen LogP contribution < -0.4 is 0 Å². The Morgan fingerprint density at radius 2 is 1.60 bits per heavy atom. The van der Waals surface area contributed by atoms with Gasteiger partial charge in [-0.2, -0.15) is 0 Å². The Morgan fingerprint density at radius 1 is 0.905 bits per heavy atom.